The molecule has 0 saturated carbocycles. The molecule has 3 rings (SSSR count). The van der Waals surface area contributed by atoms with E-state index in [-0.39, 0.29) is 11.5 Å². The number of hydrogen-bond donors (Lipinski definition) is 0. The highest BCUT2D eigenvalue weighted by Crippen LogP contribution is 2.15. The number of aryl methyl sites for hydroxylation is 2. The van der Waals surface area contributed by atoms with E-state index in [0.29, 0.717) is 19.4 Å². The monoisotopic (exact) mass is 300 g/mol. The highest BCUT2D eigenvalue weighted by molar-refractivity contribution is 7.12. The van der Waals surface area contributed by atoms with Crippen molar-refractivity contribution in [2.45, 2.75) is 19.4 Å². The van der Waals surface area contributed by atoms with E-state index in [1.54, 1.807) is 16.2 Å². The van der Waals surface area contributed by atoms with Gasteiger partial charge in [0.05, 0.1) is 15.9 Å². The standard InChI is InChI=1S/C16H16N2O2S/c1-17-12-6-2-3-7-13(12)18(16(17)20)10-4-8-14(19)15-9-5-11-21-15/h2-3,5-7,9,11H,4,8,10H2,1H3. The van der Waals surface area contributed by atoms with Crippen molar-refractivity contribution in [3.8, 4) is 0 Å². The summed E-state index contributed by atoms with van der Waals surface area (Å²) < 4.78 is 3.40. The molecule has 0 aliphatic rings. The number of hydrogen-bond acceptors (Lipinski definition) is 3. The molecule has 5 heteroatoms. The number of nitrogens with zero attached hydrogens (tertiary/aromatic N) is 2. The van der Waals surface area contributed by atoms with E-state index in [2.05, 4.69) is 0 Å². The second-order valence-corrected chi connectivity index (χ2v) is 5.93. The predicted molar refractivity (Wildman–Crippen MR) is 85.1 cm³/mol. The fourth-order valence-electron chi connectivity index (χ4n) is 2.54. The first-order valence-electron chi connectivity index (χ1n) is 6.89. The number of benzene rings is 1. The molecule has 21 heavy (non-hydrogen) atoms. The molecule has 0 unspecified atom stereocenters. The number of para-hydroxylation sites is 2. The quantitative estimate of drug-likeness (QED) is 0.680. The molecule has 0 aliphatic carbocycles. The van der Waals surface area contributed by atoms with Crippen LogP contribution in [0.5, 0.6) is 0 Å². The molecule has 0 N–H and O–H groups in total. The average molecular weight is 300 g/mol. The third-order valence-electron chi connectivity index (χ3n) is 3.63. The van der Waals surface area contributed by atoms with Gasteiger partial charge in [-0.25, -0.2) is 4.79 Å². The van der Waals surface area contributed by atoms with Crippen LogP contribution in [0.1, 0.15) is 22.5 Å². The minimum absolute atomic E-state index is 0.0280. The molecule has 0 amide bonds. The van der Waals surface area contributed by atoms with Crippen LogP contribution in [0.15, 0.2) is 46.6 Å². The van der Waals surface area contributed by atoms with Gasteiger partial charge in [0.2, 0.25) is 0 Å². The van der Waals surface area contributed by atoms with Crippen LogP contribution in [0.25, 0.3) is 11.0 Å². The van der Waals surface area contributed by atoms with Gasteiger partial charge in [-0.05, 0) is 30.0 Å². The molecule has 108 valence electrons. The minimum atomic E-state index is -0.0280. The lowest BCUT2D eigenvalue weighted by molar-refractivity contribution is 0.0982. The Bertz CT molecular complexity index is 828. The molecule has 0 saturated heterocycles. The first-order chi connectivity index (χ1) is 10.2. The predicted octanol–water partition coefficient (Wildman–Crippen LogP) is 3.06. The summed E-state index contributed by atoms with van der Waals surface area (Å²) in [6, 6.07) is 11.5. The molecule has 3 aromatic rings. The van der Waals surface area contributed by atoms with E-state index >= 15 is 0 Å². The van der Waals surface area contributed by atoms with E-state index in [1.807, 2.05) is 41.8 Å². The number of aromatic nitrogens is 2. The molecule has 0 spiro atoms. The molecule has 1 aromatic carbocycles. The van der Waals surface area contributed by atoms with Gasteiger partial charge in [0.25, 0.3) is 0 Å². The SMILES string of the molecule is Cn1c(=O)n(CCCC(=O)c2cccs2)c2ccccc21. The Hall–Kier alpha value is -2.14. The number of rotatable bonds is 5. The molecular weight excluding hydrogens is 284 g/mol. The smallest absolute Gasteiger partial charge is 0.295 e. The molecule has 0 radical (unpaired) electrons. The Balaban J connectivity index is 1.76. The van der Waals surface area contributed by atoms with Gasteiger partial charge in [-0.15, -0.1) is 11.3 Å². The first-order valence-corrected chi connectivity index (χ1v) is 7.77. The Labute approximate surface area is 126 Å². The van der Waals surface area contributed by atoms with Gasteiger partial charge < -0.3 is 0 Å². The number of fused-ring (bicyclic) bond motifs is 1. The van der Waals surface area contributed by atoms with E-state index < -0.39 is 0 Å². The zero-order chi connectivity index (χ0) is 14.8. The van der Waals surface area contributed by atoms with Crippen molar-refractivity contribution < 1.29 is 4.79 Å². The molecule has 0 atom stereocenters. The van der Waals surface area contributed by atoms with E-state index in [9.17, 15) is 9.59 Å². The second kappa shape index (κ2) is 5.69. The van der Waals surface area contributed by atoms with Crippen LogP contribution in [0.3, 0.4) is 0 Å². The van der Waals surface area contributed by atoms with Crippen LogP contribution >= 0.6 is 11.3 Å². The number of imidazole rings is 1. The highest BCUT2D eigenvalue weighted by Gasteiger charge is 2.11. The second-order valence-electron chi connectivity index (χ2n) is 4.99. The average Bonchev–Trinajstić information content (AvgIpc) is 3.11. The van der Waals surface area contributed by atoms with Crippen LogP contribution in [0, 0.1) is 0 Å². The zero-order valence-corrected chi connectivity index (χ0v) is 12.6. The largest absolute Gasteiger partial charge is 0.328 e. The molecule has 0 fully saturated rings. The van der Waals surface area contributed by atoms with Gasteiger partial charge in [0.15, 0.2) is 5.78 Å². The maximum atomic E-state index is 12.2. The van der Waals surface area contributed by atoms with Crippen molar-refractivity contribution in [1.29, 1.82) is 0 Å². The molecule has 0 aliphatic heterocycles. The highest BCUT2D eigenvalue weighted by atomic mass is 32.1. The Morgan fingerprint density at radius 1 is 1.14 bits per heavy atom. The topological polar surface area (TPSA) is 44.0 Å². The lowest BCUT2D eigenvalue weighted by atomic mass is 10.2. The summed E-state index contributed by atoms with van der Waals surface area (Å²) in [5.74, 6) is 0.151. The van der Waals surface area contributed by atoms with Crippen molar-refractivity contribution in [2.75, 3.05) is 0 Å². The van der Waals surface area contributed by atoms with Crippen LogP contribution < -0.4 is 5.69 Å². The molecule has 2 heterocycles. The van der Waals surface area contributed by atoms with Crippen LogP contribution in [-0.2, 0) is 13.6 Å². The van der Waals surface area contributed by atoms with E-state index in [1.165, 1.54) is 11.3 Å². The fourth-order valence-corrected chi connectivity index (χ4v) is 3.23. The number of thiophene rings is 1. The summed E-state index contributed by atoms with van der Waals surface area (Å²) in [5, 5.41) is 1.91. The lowest BCUT2D eigenvalue weighted by Crippen LogP contribution is -2.22. The number of ketones is 1. The Kier molecular flexibility index (Phi) is 3.75. The maximum absolute atomic E-state index is 12.2. The normalized spacial score (nSPS) is 11.1. The van der Waals surface area contributed by atoms with Crippen molar-refractivity contribution in [3.63, 3.8) is 0 Å². The van der Waals surface area contributed by atoms with Crippen LogP contribution in [0.4, 0.5) is 0 Å². The summed E-state index contributed by atoms with van der Waals surface area (Å²) in [4.78, 5) is 25.0. The van der Waals surface area contributed by atoms with Gasteiger partial charge in [0.1, 0.15) is 0 Å². The third-order valence-corrected chi connectivity index (χ3v) is 4.54. The van der Waals surface area contributed by atoms with Crippen molar-refractivity contribution >= 4 is 28.2 Å². The van der Waals surface area contributed by atoms with Gasteiger partial charge in [-0.1, -0.05) is 18.2 Å². The summed E-state index contributed by atoms with van der Waals surface area (Å²) in [5.41, 5.74) is 1.82. The fraction of sp³-hybridized carbons (Fsp3) is 0.250. The van der Waals surface area contributed by atoms with Gasteiger partial charge >= 0.3 is 5.69 Å². The van der Waals surface area contributed by atoms with Crippen molar-refractivity contribution in [3.05, 3.63) is 57.1 Å². The minimum Gasteiger partial charge on any atom is -0.295 e. The van der Waals surface area contributed by atoms with Crippen molar-refractivity contribution in [1.82, 2.24) is 9.13 Å². The van der Waals surface area contributed by atoms with Gasteiger partial charge in [-0.3, -0.25) is 13.9 Å². The van der Waals surface area contributed by atoms with Crippen LogP contribution in [0.2, 0.25) is 0 Å². The van der Waals surface area contributed by atoms with E-state index in [0.717, 1.165) is 15.9 Å². The van der Waals surface area contributed by atoms with Gasteiger partial charge in [-0.2, -0.15) is 0 Å². The third kappa shape index (κ3) is 2.56. The number of carbonyl (C=O) groups is 1. The van der Waals surface area contributed by atoms with Gasteiger partial charge in [0, 0.05) is 20.0 Å². The van der Waals surface area contributed by atoms with Crippen molar-refractivity contribution in [2.24, 2.45) is 7.05 Å². The number of Topliss-reactive ketones (excluding diaryl/α,β-unsaturated/α-hetero) is 1. The summed E-state index contributed by atoms with van der Waals surface area (Å²) in [6.07, 6.45) is 1.14. The van der Waals surface area contributed by atoms with E-state index in [4.69, 9.17) is 0 Å². The molecule has 2 aromatic heterocycles. The summed E-state index contributed by atoms with van der Waals surface area (Å²) in [6.45, 7) is 0.567. The Morgan fingerprint density at radius 3 is 2.62 bits per heavy atom. The summed E-state index contributed by atoms with van der Waals surface area (Å²) >= 11 is 1.46. The molecular formula is C16H16N2O2S. The van der Waals surface area contributed by atoms with Crippen LogP contribution in [-0.4, -0.2) is 14.9 Å². The number of carbonyl (C=O) groups excluding carboxylic acids is 1. The summed E-state index contributed by atoms with van der Waals surface area (Å²) in [7, 11) is 1.78. The maximum Gasteiger partial charge on any atom is 0.328 e. The lowest BCUT2D eigenvalue weighted by Gasteiger charge is -2.02. The molecule has 4 nitrogen and oxygen atoms in total. The Morgan fingerprint density at radius 2 is 1.90 bits per heavy atom. The first kappa shape index (κ1) is 13.8. The zero-order valence-electron chi connectivity index (χ0n) is 11.8. The molecule has 0 bridgehead atoms.